The van der Waals surface area contributed by atoms with Crippen LogP contribution in [-0.2, 0) is 0 Å². The van der Waals surface area contributed by atoms with Gasteiger partial charge in [0.05, 0.1) is 6.61 Å². The first-order valence-electron chi connectivity index (χ1n) is 11.5. The lowest BCUT2D eigenvalue weighted by Gasteiger charge is -2.35. The van der Waals surface area contributed by atoms with Gasteiger partial charge < -0.3 is 15.0 Å². The number of likely N-dealkylation sites (tertiary alicyclic amines) is 1. The van der Waals surface area contributed by atoms with Crippen LogP contribution < -0.4 is 10.1 Å². The second-order valence-corrected chi connectivity index (χ2v) is 8.03. The maximum atomic E-state index is 12.6. The lowest BCUT2D eigenvalue weighted by molar-refractivity contribution is 0.160. The van der Waals surface area contributed by atoms with E-state index in [2.05, 4.69) is 19.2 Å². The third-order valence-electron chi connectivity index (χ3n) is 5.73. The molecule has 1 atom stereocenters. The fraction of sp³-hybridized carbons (Fsp3) is 0.708. The SMILES string of the molecule is CCCCCCCCCCOc1ccc(NC(=O)N2CCCC[C@@H]2CC)cc1. The Morgan fingerprint density at radius 3 is 2.36 bits per heavy atom. The van der Waals surface area contributed by atoms with E-state index in [4.69, 9.17) is 4.74 Å². The molecule has 0 aliphatic carbocycles. The normalized spacial score (nSPS) is 16.8. The number of ether oxygens (including phenoxy) is 1. The highest BCUT2D eigenvalue weighted by molar-refractivity contribution is 5.89. The highest BCUT2D eigenvalue weighted by Gasteiger charge is 2.25. The number of rotatable bonds is 12. The highest BCUT2D eigenvalue weighted by Crippen LogP contribution is 2.22. The van der Waals surface area contributed by atoms with Gasteiger partial charge in [0.15, 0.2) is 0 Å². The van der Waals surface area contributed by atoms with Crippen molar-refractivity contribution in [2.75, 3.05) is 18.5 Å². The Bertz CT molecular complexity index is 544. The number of hydrogen-bond acceptors (Lipinski definition) is 2. The van der Waals surface area contributed by atoms with Crippen LogP contribution >= 0.6 is 0 Å². The fourth-order valence-corrected chi connectivity index (χ4v) is 3.95. The standard InChI is InChI=1S/C24H40N2O2/c1-3-5-6-7-8-9-10-13-20-28-23-17-15-21(16-18-23)25-24(27)26-19-12-11-14-22(26)4-2/h15-18,22H,3-14,19-20H2,1-2H3,(H,25,27)/t22-/m0/s1. The van der Waals surface area contributed by atoms with Crippen LogP contribution in [0.3, 0.4) is 0 Å². The van der Waals surface area contributed by atoms with Gasteiger partial charge in [-0.1, -0.05) is 58.8 Å². The summed E-state index contributed by atoms with van der Waals surface area (Å²) in [5, 5.41) is 3.04. The summed E-state index contributed by atoms with van der Waals surface area (Å²) < 4.78 is 5.84. The Labute approximate surface area is 172 Å². The number of anilines is 1. The summed E-state index contributed by atoms with van der Waals surface area (Å²) in [6, 6.07) is 8.18. The lowest BCUT2D eigenvalue weighted by atomic mass is 10.0. The molecule has 0 aromatic heterocycles. The molecule has 1 aliphatic heterocycles. The summed E-state index contributed by atoms with van der Waals surface area (Å²) >= 11 is 0. The van der Waals surface area contributed by atoms with Crippen molar-refractivity contribution >= 4 is 11.7 Å². The number of carbonyl (C=O) groups is 1. The molecule has 0 spiro atoms. The second-order valence-electron chi connectivity index (χ2n) is 8.03. The van der Waals surface area contributed by atoms with Crippen LogP contribution in [-0.4, -0.2) is 30.1 Å². The van der Waals surface area contributed by atoms with E-state index < -0.39 is 0 Å². The van der Waals surface area contributed by atoms with E-state index in [1.165, 1.54) is 51.4 Å². The van der Waals surface area contributed by atoms with Crippen molar-refractivity contribution in [2.24, 2.45) is 0 Å². The van der Waals surface area contributed by atoms with Gasteiger partial charge in [-0.3, -0.25) is 0 Å². The summed E-state index contributed by atoms with van der Waals surface area (Å²) in [5.41, 5.74) is 0.838. The van der Waals surface area contributed by atoms with Crippen LogP contribution in [0.4, 0.5) is 10.5 Å². The molecule has 1 aromatic rings. The van der Waals surface area contributed by atoms with Crippen LogP contribution in [0.25, 0.3) is 0 Å². The van der Waals surface area contributed by atoms with Crippen molar-refractivity contribution in [3.63, 3.8) is 0 Å². The first kappa shape index (κ1) is 22.6. The number of amides is 2. The zero-order valence-electron chi connectivity index (χ0n) is 18.0. The van der Waals surface area contributed by atoms with E-state index in [-0.39, 0.29) is 6.03 Å². The zero-order valence-corrected chi connectivity index (χ0v) is 18.0. The van der Waals surface area contributed by atoms with E-state index in [1.807, 2.05) is 29.2 Å². The quantitative estimate of drug-likeness (QED) is 0.392. The highest BCUT2D eigenvalue weighted by atomic mass is 16.5. The molecule has 1 aromatic carbocycles. The van der Waals surface area contributed by atoms with E-state index in [0.29, 0.717) is 6.04 Å². The van der Waals surface area contributed by atoms with Crippen molar-refractivity contribution in [3.05, 3.63) is 24.3 Å². The Morgan fingerprint density at radius 2 is 1.68 bits per heavy atom. The van der Waals surface area contributed by atoms with Gasteiger partial charge >= 0.3 is 6.03 Å². The van der Waals surface area contributed by atoms with Gasteiger partial charge in [0.25, 0.3) is 0 Å². The van der Waals surface area contributed by atoms with Gasteiger partial charge in [0.2, 0.25) is 0 Å². The number of carbonyl (C=O) groups excluding carboxylic acids is 1. The molecular weight excluding hydrogens is 348 g/mol. The van der Waals surface area contributed by atoms with Crippen molar-refractivity contribution in [1.29, 1.82) is 0 Å². The van der Waals surface area contributed by atoms with Crippen LogP contribution in [0.1, 0.15) is 90.9 Å². The smallest absolute Gasteiger partial charge is 0.322 e. The molecule has 2 amide bonds. The molecule has 158 valence electrons. The van der Waals surface area contributed by atoms with E-state index in [9.17, 15) is 4.79 Å². The molecule has 2 rings (SSSR count). The Kier molecular flexibility index (Phi) is 10.9. The topological polar surface area (TPSA) is 41.6 Å². The van der Waals surface area contributed by atoms with Gasteiger partial charge in [-0.15, -0.1) is 0 Å². The number of unbranched alkanes of at least 4 members (excludes halogenated alkanes) is 7. The lowest BCUT2D eigenvalue weighted by Crippen LogP contribution is -2.45. The number of benzene rings is 1. The van der Waals surface area contributed by atoms with Crippen molar-refractivity contribution < 1.29 is 9.53 Å². The summed E-state index contributed by atoms with van der Waals surface area (Å²) in [5.74, 6) is 0.880. The predicted molar refractivity (Wildman–Crippen MR) is 118 cm³/mol. The largest absolute Gasteiger partial charge is 0.494 e. The molecule has 0 radical (unpaired) electrons. The molecule has 1 saturated heterocycles. The van der Waals surface area contributed by atoms with Crippen LogP contribution in [0.2, 0.25) is 0 Å². The van der Waals surface area contributed by atoms with E-state index in [0.717, 1.165) is 50.3 Å². The van der Waals surface area contributed by atoms with Crippen molar-refractivity contribution in [1.82, 2.24) is 4.90 Å². The second kappa shape index (κ2) is 13.5. The molecule has 1 N–H and O–H groups in total. The van der Waals surface area contributed by atoms with Crippen LogP contribution in [0, 0.1) is 0 Å². The molecule has 0 saturated carbocycles. The molecule has 1 aliphatic rings. The van der Waals surface area contributed by atoms with Gasteiger partial charge in [0.1, 0.15) is 5.75 Å². The average Bonchev–Trinajstić information content (AvgIpc) is 2.73. The minimum Gasteiger partial charge on any atom is -0.494 e. The first-order valence-corrected chi connectivity index (χ1v) is 11.5. The first-order chi connectivity index (χ1) is 13.7. The van der Waals surface area contributed by atoms with E-state index >= 15 is 0 Å². The van der Waals surface area contributed by atoms with Gasteiger partial charge in [-0.05, 0) is 56.4 Å². The third kappa shape index (κ3) is 8.12. The van der Waals surface area contributed by atoms with Crippen LogP contribution in [0.15, 0.2) is 24.3 Å². The maximum Gasteiger partial charge on any atom is 0.322 e. The van der Waals surface area contributed by atoms with Crippen molar-refractivity contribution in [2.45, 2.75) is 96.9 Å². The number of urea groups is 1. The van der Waals surface area contributed by atoms with E-state index in [1.54, 1.807) is 0 Å². The summed E-state index contributed by atoms with van der Waals surface area (Å²) in [6.07, 6.45) is 14.9. The van der Waals surface area contributed by atoms with Crippen LogP contribution in [0.5, 0.6) is 5.75 Å². The minimum atomic E-state index is 0.0270. The number of piperidine rings is 1. The molecule has 0 unspecified atom stereocenters. The molecule has 4 heteroatoms. The minimum absolute atomic E-state index is 0.0270. The number of nitrogens with one attached hydrogen (secondary N) is 1. The molecule has 0 bridgehead atoms. The monoisotopic (exact) mass is 388 g/mol. The summed E-state index contributed by atoms with van der Waals surface area (Å²) in [7, 11) is 0. The zero-order chi connectivity index (χ0) is 20.0. The fourth-order valence-electron chi connectivity index (χ4n) is 3.95. The Balaban J connectivity index is 1.62. The number of nitrogens with zero attached hydrogens (tertiary/aromatic N) is 1. The molecule has 4 nitrogen and oxygen atoms in total. The third-order valence-corrected chi connectivity index (χ3v) is 5.73. The predicted octanol–water partition coefficient (Wildman–Crippen LogP) is 7.00. The van der Waals surface area contributed by atoms with Gasteiger partial charge in [-0.25, -0.2) is 4.79 Å². The molecule has 28 heavy (non-hydrogen) atoms. The summed E-state index contributed by atoms with van der Waals surface area (Å²) in [6.45, 7) is 6.06. The number of hydrogen-bond donors (Lipinski definition) is 1. The van der Waals surface area contributed by atoms with Gasteiger partial charge in [-0.2, -0.15) is 0 Å². The molecule has 1 heterocycles. The molecular formula is C24H40N2O2. The maximum absolute atomic E-state index is 12.6. The summed E-state index contributed by atoms with van der Waals surface area (Å²) in [4.78, 5) is 14.6. The molecule has 1 fully saturated rings. The van der Waals surface area contributed by atoms with Gasteiger partial charge in [0, 0.05) is 18.3 Å². The average molecular weight is 389 g/mol. The Hall–Kier alpha value is -1.71. The Morgan fingerprint density at radius 1 is 1.00 bits per heavy atom. The van der Waals surface area contributed by atoms with Crippen molar-refractivity contribution in [3.8, 4) is 5.75 Å².